The molecule has 1 aliphatic heterocycles. The highest BCUT2D eigenvalue weighted by Crippen LogP contribution is 2.39. The number of nitrogens with zero attached hydrogens (tertiary/aromatic N) is 1. The van der Waals surface area contributed by atoms with Crippen molar-refractivity contribution >= 4 is 49.7 Å². The van der Waals surface area contributed by atoms with Crippen LogP contribution in [0.25, 0.3) is 21.9 Å². The van der Waals surface area contributed by atoms with Crippen LogP contribution in [0.3, 0.4) is 0 Å². The zero-order valence-electron chi connectivity index (χ0n) is 14.9. The van der Waals surface area contributed by atoms with Gasteiger partial charge in [-0.15, -0.1) is 0 Å². The Kier molecular flexibility index (Phi) is 4.25. The van der Waals surface area contributed by atoms with E-state index >= 15 is 0 Å². The van der Waals surface area contributed by atoms with Gasteiger partial charge in [0.2, 0.25) is 10.0 Å². The van der Waals surface area contributed by atoms with E-state index in [1.54, 1.807) is 26.0 Å². The molecular formula is C19H19NO5S2. The molecule has 0 saturated carbocycles. The largest absolute Gasteiger partial charge is 0.480 e. The number of furan rings is 1. The Bertz CT molecular complexity index is 1150. The van der Waals surface area contributed by atoms with Crippen molar-refractivity contribution in [2.75, 3.05) is 12.3 Å². The summed E-state index contributed by atoms with van der Waals surface area (Å²) < 4.78 is 32.8. The first-order chi connectivity index (χ1) is 12.7. The number of carboxylic acid groups (broad SMARTS) is 1. The molecule has 1 fully saturated rings. The smallest absolute Gasteiger partial charge is 0.323 e. The third kappa shape index (κ3) is 2.92. The van der Waals surface area contributed by atoms with E-state index in [2.05, 4.69) is 0 Å². The van der Waals surface area contributed by atoms with Gasteiger partial charge in [0.25, 0.3) is 0 Å². The second kappa shape index (κ2) is 6.25. The molecular weight excluding hydrogens is 386 g/mol. The van der Waals surface area contributed by atoms with Crippen LogP contribution in [0.1, 0.15) is 13.8 Å². The van der Waals surface area contributed by atoms with Crippen LogP contribution in [0.2, 0.25) is 0 Å². The lowest BCUT2D eigenvalue weighted by atomic mass is 10.0. The van der Waals surface area contributed by atoms with Crippen molar-refractivity contribution in [1.82, 2.24) is 4.31 Å². The van der Waals surface area contributed by atoms with Crippen LogP contribution < -0.4 is 0 Å². The quantitative estimate of drug-likeness (QED) is 0.717. The van der Waals surface area contributed by atoms with Gasteiger partial charge in [0.15, 0.2) is 0 Å². The number of benzene rings is 2. The first-order valence-corrected chi connectivity index (χ1v) is 10.9. The second-order valence-corrected chi connectivity index (χ2v) is 10.7. The molecule has 2 heterocycles. The van der Waals surface area contributed by atoms with Crippen LogP contribution in [0.5, 0.6) is 0 Å². The lowest BCUT2D eigenvalue weighted by Gasteiger charge is -2.42. The predicted molar refractivity (Wildman–Crippen MR) is 106 cm³/mol. The molecule has 142 valence electrons. The summed E-state index contributed by atoms with van der Waals surface area (Å²) in [7, 11) is -3.97. The van der Waals surface area contributed by atoms with Gasteiger partial charge < -0.3 is 9.52 Å². The zero-order chi connectivity index (χ0) is 19.4. The van der Waals surface area contributed by atoms with E-state index in [1.807, 2.05) is 24.3 Å². The summed E-state index contributed by atoms with van der Waals surface area (Å²) in [6, 6.07) is 11.0. The number of carboxylic acids is 1. The van der Waals surface area contributed by atoms with E-state index in [-0.39, 0.29) is 11.4 Å². The van der Waals surface area contributed by atoms with Crippen molar-refractivity contribution in [3.8, 4) is 0 Å². The molecule has 0 aliphatic carbocycles. The molecule has 3 aromatic rings. The predicted octanol–water partition coefficient (Wildman–Crippen LogP) is 3.56. The Morgan fingerprint density at radius 2 is 1.89 bits per heavy atom. The van der Waals surface area contributed by atoms with E-state index < -0.39 is 26.8 Å². The molecule has 8 heteroatoms. The van der Waals surface area contributed by atoms with Gasteiger partial charge in [-0.25, -0.2) is 8.42 Å². The minimum atomic E-state index is -3.97. The lowest BCUT2D eigenvalue weighted by molar-refractivity contribution is -0.142. The molecule has 6 nitrogen and oxygen atoms in total. The van der Waals surface area contributed by atoms with Crippen LogP contribution in [0.4, 0.5) is 0 Å². The Balaban J connectivity index is 1.85. The zero-order valence-corrected chi connectivity index (χ0v) is 16.5. The summed E-state index contributed by atoms with van der Waals surface area (Å²) in [5.41, 5.74) is 1.28. The molecule has 0 bridgehead atoms. The van der Waals surface area contributed by atoms with E-state index in [1.165, 1.54) is 17.8 Å². The van der Waals surface area contributed by atoms with E-state index in [0.29, 0.717) is 22.3 Å². The molecule has 2 aromatic carbocycles. The average molecular weight is 405 g/mol. The fourth-order valence-electron chi connectivity index (χ4n) is 3.63. The maximum absolute atomic E-state index is 13.3. The molecule has 4 rings (SSSR count). The van der Waals surface area contributed by atoms with E-state index in [0.717, 1.165) is 9.69 Å². The lowest BCUT2D eigenvalue weighted by Crippen LogP contribution is -2.58. The average Bonchev–Trinajstić information content (AvgIpc) is 2.98. The summed E-state index contributed by atoms with van der Waals surface area (Å²) in [5, 5.41) is 11.2. The van der Waals surface area contributed by atoms with Crippen molar-refractivity contribution < 1.29 is 22.7 Å². The van der Waals surface area contributed by atoms with Gasteiger partial charge in [-0.1, -0.05) is 18.2 Å². The fraction of sp³-hybridized carbons (Fsp3) is 0.316. The number of aliphatic carboxylic acids is 1. The van der Waals surface area contributed by atoms with Gasteiger partial charge in [-0.2, -0.15) is 16.1 Å². The van der Waals surface area contributed by atoms with Crippen molar-refractivity contribution in [3.63, 3.8) is 0 Å². The molecule has 1 aliphatic rings. The molecule has 27 heavy (non-hydrogen) atoms. The van der Waals surface area contributed by atoms with Gasteiger partial charge in [0.1, 0.15) is 17.2 Å². The number of carbonyl (C=O) groups is 1. The van der Waals surface area contributed by atoms with Crippen LogP contribution in [-0.2, 0) is 14.8 Å². The Morgan fingerprint density at radius 3 is 2.63 bits per heavy atom. The van der Waals surface area contributed by atoms with Crippen molar-refractivity contribution in [1.29, 1.82) is 0 Å². The Labute approximate surface area is 161 Å². The van der Waals surface area contributed by atoms with Crippen molar-refractivity contribution in [2.24, 2.45) is 0 Å². The molecule has 0 unspecified atom stereocenters. The van der Waals surface area contributed by atoms with Crippen LogP contribution in [-0.4, -0.2) is 46.9 Å². The van der Waals surface area contributed by atoms with Crippen LogP contribution in [0, 0.1) is 0 Å². The molecule has 1 saturated heterocycles. The van der Waals surface area contributed by atoms with E-state index in [4.69, 9.17) is 4.42 Å². The monoisotopic (exact) mass is 405 g/mol. The summed E-state index contributed by atoms with van der Waals surface area (Å²) >= 11 is 1.48. The van der Waals surface area contributed by atoms with Crippen LogP contribution in [0.15, 0.2) is 51.8 Å². The number of para-hydroxylation sites is 1. The molecule has 0 radical (unpaired) electrons. The SMILES string of the molecule is CC1(C)SCCN(S(=O)(=O)c2ccc3oc4ccccc4c3c2)[C@H]1C(=O)O. The van der Waals surface area contributed by atoms with E-state index in [9.17, 15) is 18.3 Å². The van der Waals surface area contributed by atoms with Gasteiger partial charge in [0, 0.05) is 27.8 Å². The highest BCUT2D eigenvalue weighted by Gasteiger charge is 2.48. The highest BCUT2D eigenvalue weighted by molar-refractivity contribution is 8.00. The number of hydrogen-bond acceptors (Lipinski definition) is 5. The first kappa shape index (κ1) is 18.3. The summed E-state index contributed by atoms with van der Waals surface area (Å²) in [6.07, 6.45) is 0. The number of rotatable bonds is 3. The minimum absolute atomic E-state index is 0.0792. The Morgan fingerprint density at radius 1 is 1.19 bits per heavy atom. The third-order valence-electron chi connectivity index (χ3n) is 4.92. The van der Waals surface area contributed by atoms with Gasteiger partial charge >= 0.3 is 5.97 Å². The maximum atomic E-state index is 13.3. The first-order valence-electron chi connectivity index (χ1n) is 8.52. The molecule has 1 atom stereocenters. The normalized spacial score (nSPS) is 20.9. The van der Waals surface area contributed by atoms with Crippen LogP contribution >= 0.6 is 11.8 Å². The summed E-state index contributed by atoms with van der Waals surface area (Å²) in [6.45, 7) is 3.70. The number of sulfonamides is 1. The van der Waals surface area contributed by atoms with Crippen molar-refractivity contribution in [3.05, 3.63) is 42.5 Å². The number of hydrogen-bond donors (Lipinski definition) is 1. The summed E-state index contributed by atoms with van der Waals surface area (Å²) in [5.74, 6) is -0.585. The van der Waals surface area contributed by atoms with Gasteiger partial charge in [-0.3, -0.25) is 4.79 Å². The van der Waals surface area contributed by atoms with Gasteiger partial charge in [-0.05, 0) is 38.1 Å². The summed E-state index contributed by atoms with van der Waals surface area (Å²) in [4.78, 5) is 11.9. The Hall–Kier alpha value is -2.03. The third-order valence-corrected chi connectivity index (χ3v) is 8.14. The molecule has 0 spiro atoms. The second-order valence-electron chi connectivity index (χ2n) is 7.06. The molecule has 1 N–H and O–H groups in total. The minimum Gasteiger partial charge on any atom is -0.480 e. The molecule has 0 amide bonds. The number of fused-ring (bicyclic) bond motifs is 3. The molecule has 1 aromatic heterocycles. The fourth-order valence-corrected chi connectivity index (χ4v) is 6.76. The number of thioether (sulfide) groups is 1. The van der Waals surface area contributed by atoms with Gasteiger partial charge in [0.05, 0.1) is 4.90 Å². The topological polar surface area (TPSA) is 87.8 Å². The maximum Gasteiger partial charge on any atom is 0.323 e. The van der Waals surface area contributed by atoms with Crippen molar-refractivity contribution in [2.45, 2.75) is 29.5 Å². The standard InChI is InChI=1S/C19H19NO5S2/c1-19(2)17(18(21)22)20(9-10-26-19)27(23,24)12-7-8-16-14(11-12)13-5-3-4-6-15(13)25-16/h3-8,11,17H,9-10H2,1-2H3,(H,21,22)/t17-/m0/s1. The highest BCUT2D eigenvalue weighted by atomic mass is 32.2.